The van der Waals surface area contributed by atoms with Gasteiger partial charge in [0, 0.05) is 19.0 Å². The number of nitrogens with one attached hydrogen (secondary N) is 2. The lowest BCUT2D eigenvalue weighted by Gasteiger charge is -2.40. The minimum absolute atomic E-state index is 0.0221. The van der Waals surface area contributed by atoms with Crippen LogP contribution in [0.15, 0.2) is 48.5 Å². The zero-order valence-corrected chi connectivity index (χ0v) is 18.8. The fourth-order valence-corrected chi connectivity index (χ4v) is 4.79. The summed E-state index contributed by atoms with van der Waals surface area (Å²) < 4.78 is 5.57. The molecule has 0 aliphatic heterocycles. The predicted octanol–water partition coefficient (Wildman–Crippen LogP) is 3.92. The molecule has 7 nitrogen and oxygen atoms in total. The van der Waals surface area contributed by atoms with Crippen molar-refractivity contribution in [3.05, 3.63) is 59.7 Å². The molecule has 0 heterocycles. The van der Waals surface area contributed by atoms with Crippen LogP contribution in [-0.4, -0.2) is 42.8 Å². The lowest BCUT2D eigenvalue weighted by atomic mass is 9.68. The second-order valence-electron chi connectivity index (χ2n) is 8.97. The van der Waals surface area contributed by atoms with Gasteiger partial charge in [0.25, 0.3) is 0 Å². The first-order valence-electron chi connectivity index (χ1n) is 11.5. The second kappa shape index (κ2) is 9.65. The Morgan fingerprint density at radius 1 is 1.03 bits per heavy atom. The zero-order chi connectivity index (χ0) is 23.4. The number of carboxylic acids is 1. The number of rotatable bonds is 9. The van der Waals surface area contributed by atoms with Gasteiger partial charge in [-0.15, -0.1) is 0 Å². The number of alkyl carbamates (subject to hydrolysis) is 1. The molecule has 0 radical (unpaired) electrons. The summed E-state index contributed by atoms with van der Waals surface area (Å²) >= 11 is 0. The molecule has 33 heavy (non-hydrogen) atoms. The number of hydrogen-bond acceptors (Lipinski definition) is 4. The number of amides is 2. The molecule has 2 aliphatic carbocycles. The van der Waals surface area contributed by atoms with E-state index >= 15 is 0 Å². The number of hydrogen-bond donors (Lipinski definition) is 3. The van der Waals surface area contributed by atoms with Crippen LogP contribution < -0.4 is 10.6 Å². The number of benzene rings is 2. The van der Waals surface area contributed by atoms with Gasteiger partial charge in [0.1, 0.15) is 6.61 Å². The van der Waals surface area contributed by atoms with E-state index in [-0.39, 0.29) is 31.5 Å². The number of ether oxygens (including phenoxy) is 1. The molecule has 174 valence electrons. The molecule has 0 aromatic heterocycles. The van der Waals surface area contributed by atoms with Crippen molar-refractivity contribution in [3.8, 4) is 11.1 Å². The molecular weight excluding hydrogens is 420 g/mol. The molecule has 2 aliphatic rings. The van der Waals surface area contributed by atoms with Crippen molar-refractivity contribution in [2.75, 3.05) is 19.7 Å². The first-order chi connectivity index (χ1) is 15.9. The Morgan fingerprint density at radius 3 is 2.15 bits per heavy atom. The monoisotopic (exact) mass is 450 g/mol. The number of aliphatic carboxylic acids is 1. The Balaban J connectivity index is 1.32. The molecule has 1 fully saturated rings. The lowest BCUT2D eigenvalue weighted by molar-refractivity contribution is -0.142. The van der Waals surface area contributed by atoms with Crippen LogP contribution in [-0.2, 0) is 14.3 Å². The lowest BCUT2D eigenvalue weighted by Crippen LogP contribution is -2.53. The van der Waals surface area contributed by atoms with Gasteiger partial charge < -0.3 is 20.5 Å². The van der Waals surface area contributed by atoms with Gasteiger partial charge in [0.05, 0.1) is 11.3 Å². The van der Waals surface area contributed by atoms with Crippen molar-refractivity contribution in [1.29, 1.82) is 0 Å². The Labute approximate surface area is 193 Å². The minimum atomic E-state index is -0.919. The highest BCUT2D eigenvalue weighted by atomic mass is 16.5. The Bertz CT molecular complexity index is 1000. The SMILES string of the molecule is CCC(CNC(=O)C1(CNC(=O)OCC2c3ccccc3-c3ccccc32)CCC1)C(=O)O. The first-order valence-corrected chi connectivity index (χ1v) is 11.5. The summed E-state index contributed by atoms with van der Waals surface area (Å²) in [6.07, 6.45) is 2.11. The van der Waals surface area contributed by atoms with Crippen LogP contribution >= 0.6 is 0 Å². The van der Waals surface area contributed by atoms with E-state index in [2.05, 4.69) is 34.9 Å². The first kappa shape index (κ1) is 22.8. The van der Waals surface area contributed by atoms with Crippen LogP contribution in [0, 0.1) is 11.3 Å². The normalized spacial score (nSPS) is 16.6. The minimum Gasteiger partial charge on any atom is -0.481 e. The maximum Gasteiger partial charge on any atom is 0.407 e. The third kappa shape index (κ3) is 4.58. The van der Waals surface area contributed by atoms with Crippen molar-refractivity contribution >= 4 is 18.0 Å². The Morgan fingerprint density at radius 2 is 1.64 bits per heavy atom. The van der Waals surface area contributed by atoms with Crippen molar-refractivity contribution in [3.63, 3.8) is 0 Å². The van der Waals surface area contributed by atoms with E-state index in [1.165, 1.54) is 11.1 Å². The van der Waals surface area contributed by atoms with Crippen LogP contribution in [0.1, 0.15) is 49.7 Å². The van der Waals surface area contributed by atoms with Crippen LogP contribution in [0.4, 0.5) is 4.79 Å². The average Bonchev–Trinajstić information content (AvgIpc) is 3.11. The standard InChI is InChI=1S/C26H30N2O5/c1-2-17(23(29)30)14-27-24(31)26(12-7-13-26)16-28-25(32)33-15-22-20-10-5-3-8-18(20)19-9-4-6-11-21(19)22/h3-6,8-11,17,22H,2,7,12-16H2,1H3,(H,27,31)(H,28,32)(H,29,30). The summed E-state index contributed by atoms with van der Waals surface area (Å²) in [7, 11) is 0. The molecule has 7 heteroatoms. The molecule has 0 spiro atoms. The highest BCUT2D eigenvalue weighted by Gasteiger charge is 2.44. The van der Waals surface area contributed by atoms with E-state index < -0.39 is 23.4 Å². The maximum absolute atomic E-state index is 12.7. The van der Waals surface area contributed by atoms with E-state index in [0.717, 1.165) is 17.5 Å². The summed E-state index contributed by atoms with van der Waals surface area (Å²) in [5.41, 5.74) is 3.93. The van der Waals surface area contributed by atoms with Gasteiger partial charge in [-0.25, -0.2) is 4.79 Å². The summed E-state index contributed by atoms with van der Waals surface area (Å²) in [4.78, 5) is 36.4. The molecule has 4 rings (SSSR count). The summed E-state index contributed by atoms with van der Waals surface area (Å²) in [5, 5.41) is 14.7. The van der Waals surface area contributed by atoms with Crippen LogP contribution in [0.3, 0.4) is 0 Å². The molecule has 2 amide bonds. The van der Waals surface area contributed by atoms with Gasteiger partial charge in [-0.2, -0.15) is 0 Å². The molecule has 2 aromatic rings. The number of carboxylic acid groups (broad SMARTS) is 1. The second-order valence-corrected chi connectivity index (χ2v) is 8.97. The summed E-state index contributed by atoms with van der Waals surface area (Å²) in [6.45, 7) is 2.27. The van der Waals surface area contributed by atoms with Crippen molar-refractivity contribution < 1.29 is 24.2 Å². The van der Waals surface area contributed by atoms with E-state index in [1.807, 2.05) is 24.3 Å². The van der Waals surface area contributed by atoms with Crippen LogP contribution in [0.25, 0.3) is 11.1 Å². The molecule has 2 aromatic carbocycles. The molecule has 0 bridgehead atoms. The molecule has 1 saturated carbocycles. The zero-order valence-electron chi connectivity index (χ0n) is 18.8. The largest absolute Gasteiger partial charge is 0.481 e. The quantitative estimate of drug-likeness (QED) is 0.537. The third-order valence-corrected chi connectivity index (χ3v) is 7.06. The van der Waals surface area contributed by atoms with Crippen molar-refractivity contribution in [2.24, 2.45) is 11.3 Å². The smallest absolute Gasteiger partial charge is 0.407 e. The average molecular weight is 451 g/mol. The number of fused-ring (bicyclic) bond motifs is 3. The predicted molar refractivity (Wildman–Crippen MR) is 124 cm³/mol. The Hall–Kier alpha value is -3.35. The maximum atomic E-state index is 12.7. The van der Waals surface area contributed by atoms with Gasteiger partial charge in [-0.1, -0.05) is 61.9 Å². The van der Waals surface area contributed by atoms with Gasteiger partial charge >= 0.3 is 12.1 Å². The molecule has 3 N–H and O–H groups in total. The summed E-state index contributed by atoms with van der Waals surface area (Å²) in [5.74, 6) is -1.75. The number of carbonyl (C=O) groups is 3. The van der Waals surface area contributed by atoms with Crippen molar-refractivity contribution in [2.45, 2.75) is 38.5 Å². The van der Waals surface area contributed by atoms with Gasteiger partial charge in [-0.05, 0) is 41.5 Å². The molecule has 0 saturated heterocycles. The number of carbonyl (C=O) groups excluding carboxylic acids is 2. The van der Waals surface area contributed by atoms with Crippen molar-refractivity contribution in [1.82, 2.24) is 10.6 Å². The van der Waals surface area contributed by atoms with E-state index in [1.54, 1.807) is 6.92 Å². The van der Waals surface area contributed by atoms with E-state index in [4.69, 9.17) is 4.74 Å². The topological polar surface area (TPSA) is 105 Å². The van der Waals surface area contributed by atoms with Gasteiger partial charge in [0.2, 0.25) is 5.91 Å². The highest BCUT2D eigenvalue weighted by molar-refractivity contribution is 5.85. The highest BCUT2D eigenvalue weighted by Crippen LogP contribution is 2.44. The van der Waals surface area contributed by atoms with Crippen LogP contribution in [0.2, 0.25) is 0 Å². The Kier molecular flexibility index (Phi) is 6.67. The molecule has 1 unspecified atom stereocenters. The molecule has 1 atom stereocenters. The fraction of sp³-hybridized carbons (Fsp3) is 0.423. The van der Waals surface area contributed by atoms with Gasteiger partial charge in [-0.3, -0.25) is 9.59 Å². The van der Waals surface area contributed by atoms with Gasteiger partial charge in [0.15, 0.2) is 0 Å². The fourth-order valence-electron chi connectivity index (χ4n) is 4.79. The van der Waals surface area contributed by atoms with E-state index in [9.17, 15) is 19.5 Å². The third-order valence-electron chi connectivity index (χ3n) is 7.06. The molecular formula is C26H30N2O5. The van der Waals surface area contributed by atoms with E-state index in [0.29, 0.717) is 19.3 Å². The summed E-state index contributed by atoms with van der Waals surface area (Å²) in [6, 6.07) is 16.3. The van der Waals surface area contributed by atoms with Crippen LogP contribution in [0.5, 0.6) is 0 Å².